The van der Waals surface area contributed by atoms with Crippen LogP contribution in [0.5, 0.6) is 0 Å². The summed E-state index contributed by atoms with van der Waals surface area (Å²) in [4.78, 5) is 26.4. The molecule has 0 aliphatic rings. The molecule has 2 N–H and O–H groups in total. The van der Waals surface area contributed by atoms with Gasteiger partial charge in [-0.05, 0) is 32.0 Å². The maximum atomic E-state index is 11.9. The quantitative estimate of drug-likeness (QED) is 0.728. The van der Waals surface area contributed by atoms with Crippen molar-refractivity contribution >= 4 is 11.9 Å². The number of aliphatic carboxylic acids is 1. The molecule has 23 heavy (non-hydrogen) atoms. The van der Waals surface area contributed by atoms with Crippen molar-refractivity contribution in [3.8, 4) is 5.82 Å². The van der Waals surface area contributed by atoms with Gasteiger partial charge in [0.2, 0.25) is 0 Å². The molecule has 0 aliphatic carbocycles. The van der Waals surface area contributed by atoms with Gasteiger partial charge in [0.25, 0.3) is 5.91 Å². The average molecular weight is 318 g/mol. The summed E-state index contributed by atoms with van der Waals surface area (Å²) < 4.78 is 6.54. The number of ether oxygens (including phenoxy) is 1. The van der Waals surface area contributed by atoms with E-state index in [0.717, 1.165) is 11.4 Å². The molecule has 2 heterocycles. The Kier molecular flexibility index (Phi) is 5.42. The number of amides is 1. The van der Waals surface area contributed by atoms with Crippen LogP contribution in [0.15, 0.2) is 24.4 Å². The van der Waals surface area contributed by atoms with Crippen molar-refractivity contribution in [3.63, 3.8) is 0 Å². The Bertz CT molecular complexity index is 694. The van der Waals surface area contributed by atoms with Crippen LogP contribution in [0.1, 0.15) is 21.7 Å². The number of nitrogens with one attached hydrogen (secondary N) is 1. The second kappa shape index (κ2) is 7.50. The number of hydrogen-bond acceptors (Lipinski definition) is 5. The van der Waals surface area contributed by atoms with Gasteiger partial charge in [-0.25, -0.2) is 14.5 Å². The summed E-state index contributed by atoms with van der Waals surface area (Å²) >= 11 is 0. The van der Waals surface area contributed by atoms with E-state index in [9.17, 15) is 9.59 Å². The van der Waals surface area contributed by atoms with Gasteiger partial charge < -0.3 is 15.2 Å². The topological polar surface area (TPSA) is 106 Å². The van der Waals surface area contributed by atoms with E-state index in [-0.39, 0.29) is 25.7 Å². The van der Waals surface area contributed by atoms with Crippen molar-refractivity contribution in [1.82, 2.24) is 20.1 Å². The molecule has 8 heteroatoms. The predicted octanol–water partition coefficient (Wildman–Crippen LogP) is 0.715. The van der Waals surface area contributed by atoms with E-state index in [2.05, 4.69) is 15.4 Å². The second-order valence-corrected chi connectivity index (χ2v) is 4.95. The smallest absolute Gasteiger partial charge is 0.329 e. The van der Waals surface area contributed by atoms with Crippen LogP contribution >= 0.6 is 0 Å². The molecule has 2 aromatic heterocycles. The highest BCUT2D eigenvalue weighted by Gasteiger charge is 2.08. The SMILES string of the molecule is Cc1cc(C)n(-c2ccc(C(=O)NCCOCC(=O)O)cn2)n1. The number of carboxylic acid groups (broad SMARTS) is 1. The Morgan fingerprint density at radius 1 is 1.35 bits per heavy atom. The third-order valence-corrected chi connectivity index (χ3v) is 2.99. The fourth-order valence-corrected chi connectivity index (χ4v) is 2.00. The number of carboxylic acids is 1. The molecule has 0 unspecified atom stereocenters. The molecule has 0 spiro atoms. The first-order chi connectivity index (χ1) is 11.0. The minimum absolute atomic E-state index is 0.134. The van der Waals surface area contributed by atoms with E-state index < -0.39 is 5.97 Å². The average Bonchev–Trinajstić information content (AvgIpc) is 2.85. The van der Waals surface area contributed by atoms with E-state index in [1.807, 2.05) is 19.9 Å². The molecule has 0 atom stereocenters. The van der Waals surface area contributed by atoms with E-state index in [4.69, 9.17) is 9.84 Å². The maximum absolute atomic E-state index is 11.9. The lowest BCUT2D eigenvalue weighted by Gasteiger charge is -2.07. The van der Waals surface area contributed by atoms with Gasteiger partial charge in [-0.15, -0.1) is 0 Å². The monoisotopic (exact) mass is 318 g/mol. The molecular weight excluding hydrogens is 300 g/mol. The number of carbonyl (C=O) groups excluding carboxylic acids is 1. The van der Waals surface area contributed by atoms with Gasteiger partial charge in [0, 0.05) is 18.4 Å². The Morgan fingerprint density at radius 2 is 2.13 bits per heavy atom. The number of aryl methyl sites for hydroxylation is 2. The molecule has 0 fully saturated rings. The van der Waals surface area contributed by atoms with Crippen LogP contribution < -0.4 is 5.32 Å². The molecular formula is C15H18N4O4. The summed E-state index contributed by atoms with van der Waals surface area (Å²) in [5.74, 6) is -0.700. The summed E-state index contributed by atoms with van der Waals surface area (Å²) in [6.45, 7) is 3.81. The van der Waals surface area contributed by atoms with Crippen molar-refractivity contribution < 1.29 is 19.4 Å². The minimum Gasteiger partial charge on any atom is -0.480 e. The van der Waals surface area contributed by atoms with Crippen LogP contribution in [-0.4, -0.2) is 51.5 Å². The molecule has 2 rings (SSSR count). The summed E-state index contributed by atoms with van der Waals surface area (Å²) in [5.41, 5.74) is 2.27. The van der Waals surface area contributed by atoms with E-state index in [0.29, 0.717) is 11.4 Å². The second-order valence-electron chi connectivity index (χ2n) is 4.95. The van der Waals surface area contributed by atoms with Gasteiger partial charge in [-0.2, -0.15) is 5.10 Å². The summed E-state index contributed by atoms with van der Waals surface area (Å²) in [7, 11) is 0. The molecule has 0 saturated carbocycles. The number of nitrogens with zero attached hydrogens (tertiary/aromatic N) is 3. The fraction of sp³-hybridized carbons (Fsp3) is 0.333. The van der Waals surface area contributed by atoms with Crippen molar-refractivity contribution in [2.24, 2.45) is 0 Å². The van der Waals surface area contributed by atoms with Crippen LogP contribution in [0, 0.1) is 13.8 Å². The summed E-state index contributed by atoms with van der Waals surface area (Å²) in [5, 5.41) is 15.4. The number of aromatic nitrogens is 3. The zero-order valence-electron chi connectivity index (χ0n) is 12.9. The first-order valence-corrected chi connectivity index (χ1v) is 7.05. The lowest BCUT2D eigenvalue weighted by Crippen LogP contribution is -2.28. The lowest BCUT2D eigenvalue weighted by molar-refractivity contribution is -0.142. The highest BCUT2D eigenvalue weighted by Crippen LogP contribution is 2.10. The number of hydrogen-bond donors (Lipinski definition) is 2. The zero-order valence-corrected chi connectivity index (χ0v) is 12.9. The number of rotatable bonds is 7. The maximum Gasteiger partial charge on any atom is 0.329 e. The first kappa shape index (κ1) is 16.6. The third-order valence-electron chi connectivity index (χ3n) is 2.99. The first-order valence-electron chi connectivity index (χ1n) is 7.05. The Balaban J connectivity index is 1.90. The molecule has 0 bridgehead atoms. The van der Waals surface area contributed by atoms with Crippen molar-refractivity contribution in [3.05, 3.63) is 41.3 Å². The van der Waals surface area contributed by atoms with Gasteiger partial charge in [-0.3, -0.25) is 4.79 Å². The minimum atomic E-state index is -1.04. The zero-order chi connectivity index (χ0) is 16.8. The molecule has 0 aromatic carbocycles. The highest BCUT2D eigenvalue weighted by molar-refractivity contribution is 5.93. The van der Waals surface area contributed by atoms with E-state index >= 15 is 0 Å². The molecule has 0 aliphatic heterocycles. The van der Waals surface area contributed by atoms with Gasteiger partial charge in [-0.1, -0.05) is 0 Å². The number of carbonyl (C=O) groups is 2. The van der Waals surface area contributed by atoms with Gasteiger partial charge in [0.05, 0.1) is 17.9 Å². The Labute approximate surface area is 133 Å². The molecule has 0 saturated heterocycles. The summed E-state index contributed by atoms with van der Waals surface area (Å²) in [6, 6.07) is 5.32. The normalized spacial score (nSPS) is 10.5. The Hall–Kier alpha value is -2.74. The van der Waals surface area contributed by atoms with Gasteiger partial charge in [0.15, 0.2) is 5.82 Å². The number of pyridine rings is 1. The van der Waals surface area contributed by atoms with Crippen LogP contribution in [0.3, 0.4) is 0 Å². The fourth-order valence-electron chi connectivity index (χ4n) is 2.00. The van der Waals surface area contributed by atoms with Crippen LogP contribution in [0.2, 0.25) is 0 Å². The standard InChI is InChI=1S/C15H18N4O4/c1-10-7-11(2)19(18-10)13-4-3-12(8-17-13)15(22)16-5-6-23-9-14(20)21/h3-4,7-8H,5-6,9H2,1-2H3,(H,16,22)(H,20,21). The lowest BCUT2D eigenvalue weighted by atomic mass is 10.2. The predicted molar refractivity (Wildman–Crippen MR) is 81.6 cm³/mol. The summed E-state index contributed by atoms with van der Waals surface area (Å²) in [6.07, 6.45) is 1.47. The van der Waals surface area contributed by atoms with Gasteiger partial charge in [0.1, 0.15) is 6.61 Å². The molecule has 2 aromatic rings. The van der Waals surface area contributed by atoms with E-state index in [1.54, 1.807) is 16.8 Å². The van der Waals surface area contributed by atoms with Gasteiger partial charge >= 0.3 is 5.97 Å². The van der Waals surface area contributed by atoms with Crippen molar-refractivity contribution in [2.75, 3.05) is 19.8 Å². The van der Waals surface area contributed by atoms with Crippen molar-refractivity contribution in [2.45, 2.75) is 13.8 Å². The third kappa shape index (κ3) is 4.62. The largest absolute Gasteiger partial charge is 0.480 e. The Morgan fingerprint density at radius 3 is 2.70 bits per heavy atom. The van der Waals surface area contributed by atoms with E-state index in [1.165, 1.54) is 6.20 Å². The highest BCUT2D eigenvalue weighted by atomic mass is 16.5. The van der Waals surface area contributed by atoms with Crippen LogP contribution in [0.25, 0.3) is 5.82 Å². The molecule has 0 radical (unpaired) electrons. The molecule has 8 nitrogen and oxygen atoms in total. The van der Waals surface area contributed by atoms with Crippen LogP contribution in [-0.2, 0) is 9.53 Å². The molecule has 1 amide bonds. The van der Waals surface area contributed by atoms with Crippen molar-refractivity contribution in [1.29, 1.82) is 0 Å². The molecule has 122 valence electrons. The van der Waals surface area contributed by atoms with Crippen LogP contribution in [0.4, 0.5) is 0 Å².